The number of rotatable bonds is 6. The van der Waals surface area contributed by atoms with Crippen molar-refractivity contribution in [2.45, 2.75) is 99.5 Å². The first kappa shape index (κ1) is 30.6. The molecule has 9 atom stereocenters. The van der Waals surface area contributed by atoms with Gasteiger partial charge in [0, 0.05) is 15.9 Å². The molecule has 10 rings (SSSR count). The van der Waals surface area contributed by atoms with Crippen LogP contribution in [-0.2, 0) is 33.3 Å². The SMILES string of the molecule is CSc1ccc(/C=C2/C(C)=C(CC(=O)OC3C4(C(C)C)OC4C4OC45C4(C)CCC6=C(COC6=O)C4CC4OC435)c3cc(F)ccc32)cc1. The second-order valence-corrected chi connectivity index (χ2v) is 16.6. The molecule has 4 aliphatic carbocycles. The average Bonchev–Trinajstić information content (AvgIpc) is 4.01. The summed E-state index contributed by atoms with van der Waals surface area (Å²) < 4.78 is 47.2. The maximum atomic E-state index is 14.7. The van der Waals surface area contributed by atoms with Crippen LogP contribution in [0.15, 0.2) is 64.1 Å². The van der Waals surface area contributed by atoms with Crippen LogP contribution < -0.4 is 0 Å². The number of hydrogen-bond donors (Lipinski definition) is 0. The molecule has 8 aliphatic rings. The fraction of sp³-hybridized carbons (Fsp3) is 0.500. The highest BCUT2D eigenvalue weighted by Gasteiger charge is 3.01. The number of ether oxygens (including phenoxy) is 5. The number of thioether (sulfide) groups is 1. The average molecular weight is 683 g/mol. The van der Waals surface area contributed by atoms with E-state index in [9.17, 15) is 14.0 Å². The van der Waals surface area contributed by atoms with Crippen molar-refractivity contribution < 1.29 is 37.7 Å². The summed E-state index contributed by atoms with van der Waals surface area (Å²) in [6.07, 6.45) is 5.08. The highest BCUT2D eigenvalue weighted by Crippen LogP contribution is 2.83. The summed E-state index contributed by atoms with van der Waals surface area (Å²) in [6, 6.07) is 13.1. The van der Waals surface area contributed by atoms with E-state index in [1.807, 2.05) is 13.2 Å². The topological polar surface area (TPSA) is 90.2 Å². The molecule has 0 radical (unpaired) electrons. The highest BCUT2D eigenvalue weighted by molar-refractivity contribution is 7.98. The lowest BCUT2D eigenvalue weighted by Gasteiger charge is -2.53. The van der Waals surface area contributed by atoms with Crippen molar-refractivity contribution in [3.63, 3.8) is 0 Å². The van der Waals surface area contributed by atoms with Crippen LogP contribution in [0.1, 0.15) is 70.1 Å². The van der Waals surface area contributed by atoms with Crippen LogP contribution in [-0.4, -0.2) is 66.0 Å². The summed E-state index contributed by atoms with van der Waals surface area (Å²) in [6.45, 7) is 8.83. The molecule has 0 aromatic heterocycles. The van der Waals surface area contributed by atoms with Crippen LogP contribution in [0.4, 0.5) is 4.39 Å². The fourth-order valence-corrected chi connectivity index (χ4v) is 11.4. The van der Waals surface area contributed by atoms with Gasteiger partial charge in [0.1, 0.15) is 35.8 Å². The monoisotopic (exact) mass is 682 g/mol. The predicted octanol–water partition coefficient (Wildman–Crippen LogP) is 6.93. The highest BCUT2D eigenvalue weighted by atomic mass is 32.2. The number of halogens is 1. The molecule has 4 heterocycles. The molecule has 9 heteroatoms. The lowest BCUT2D eigenvalue weighted by Crippen LogP contribution is -2.70. The molecule has 0 amide bonds. The Labute approximate surface area is 289 Å². The van der Waals surface area contributed by atoms with Gasteiger partial charge in [-0.15, -0.1) is 11.8 Å². The zero-order valence-electron chi connectivity index (χ0n) is 28.3. The van der Waals surface area contributed by atoms with Crippen molar-refractivity contribution in [2.24, 2.45) is 17.3 Å². The van der Waals surface area contributed by atoms with Crippen molar-refractivity contribution in [2.75, 3.05) is 12.9 Å². The van der Waals surface area contributed by atoms with E-state index in [2.05, 4.69) is 51.1 Å². The number of carbonyl (C=O) groups is 2. The van der Waals surface area contributed by atoms with Crippen LogP contribution >= 0.6 is 11.8 Å². The zero-order chi connectivity index (χ0) is 33.8. The van der Waals surface area contributed by atoms with E-state index in [0.717, 1.165) is 57.4 Å². The van der Waals surface area contributed by atoms with Crippen molar-refractivity contribution in [1.29, 1.82) is 0 Å². The van der Waals surface area contributed by atoms with Gasteiger partial charge >= 0.3 is 11.9 Å². The Kier molecular flexibility index (Phi) is 6.08. The number of carbonyl (C=O) groups excluding carboxylic acids is 2. The molecule has 2 aromatic rings. The molecule has 2 spiro atoms. The van der Waals surface area contributed by atoms with Gasteiger partial charge in [-0.1, -0.05) is 39.0 Å². The minimum Gasteiger partial charge on any atom is -0.458 e. The van der Waals surface area contributed by atoms with E-state index in [4.69, 9.17) is 23.7 Å². The van der Waals surface area contributed by atoms with Gasteiger partial charge in [0.2, 0.25) is 0 Å². The quantitative estimate of drug-likeness (QED) is 0.184. The normalized spacial score (nSPS) is 40.9. The lowest BCUT2D eigenvalue weighted by atomic mass is 9.46. The Bertz CT molecular complexity index is 1980. The molecule has 0 bridgehead atoms. The van der Waals surface area contributed by atoms with Crippen LogP contribution in [0, 0.1) is 23.1 Å². The number of cyclic esters (lactones) is 1. The molecule has 2 aromatic carbocycles. The molecule has 7 nitrogen and oxygen atoms in total. The van der Waals surface area contributed by atoms with Crippen LogP contribution in [0.5, 0.6) is 0 Å². The molecule has 3 saturated heterocycles. The van der Waals surface area contributed by atoms with Crippen LogP contribution in [0.3, 0.4) is 0 Å². The summed E-state index contributed by atoms with van der Waals surface area (Å²) >= 11 is 1.69. The first-order valence-corrected chi connectivity index (χ1v) is 18.7. The fourth-order valence-electron chi connectivity index (χ4n) is 11.0. The lowest BCUT2D eigenvalue weighted by molar-refractivity contribution is -0.168. The number of fused-ring (bicyclic) bond motifs is 5. The Balaban J connectivity index is 0.999. The molecule has 5 fully saturated rings. The van der Waals surface area contributed by atoms with Gasteiger partial charge in [-0.2, -0.15) is 0 Å². The molecule has 9 unspecified atom stereocenters. The van der Waals surface area contributed by atoms with Gasteiger partial charge in [-0.05, 0) is 114 Å². The van der Waals surface area contributed by atoms with Gasteiger partial charge in [-0.25, -0.2) is 9.18 Å². The van der Waals surface area contributed by atoms with Gasteiger partial charge in [-0.3, -0.25) is 4.79 Å². The summed E-state index contributed by atoms with van der Waals surface area (Å²) in [4.78, 5) is 28.0. The number of allylic oxidation sites excluding steroid dienone is 2. The number of esters is 2. The minimum absolute atomic E-state index is 0.00595. The molecule has 2 saturated carbocycles. The second-order valence-electron chi connectivity index (χ2n) is 15.7. The Morgan fingerprint density at radius 3 is 2.65 bits per heavy atom. The summed E-state index contributed by atoms with van der Waals surface area (Å²) in [5.74, 6) is -0.781. The third kappa shape index (κ3) is 3.65. The zero-order valence-corrected chi connectivity index (χ0v) is 29.1. The Hall–Kier alpha value is -3.24. The van der Waals surface area contributed by atoms with E-state index in [1.54, 1.807) is 17.8 Å². The minimum atomic E-state index is -0.825. The van der Waals surface area contributed by atoms with Gasteiger partial charge in [0.25, 0.3) is 0 Å². The van der Waals surface area contributed by atoms with E-state index in [0.29, 0.717) is 13.0 Å². The van der Waals surface area contributed by atoms with Crippen molar-refractivity contribution >= 4 is 40.9 Å². The Morgan fingerprint density at radius 1 is 1.10 bits per heavy atom. The van der Waals surface area contributed by atoms with Crippen molar-refractivity contribution in [1.82, 2.24) is 0 Å². The molecule has 254 valence electrons. The third-order valence-corrected chi connectivity index (χ3v) is 14.3. The first-order chi connectivity index (χ1) is 23.5. The number of hydrogen-bond acceptors (Lipinski definition) is 8. The van der Waals surface area contributed by atoms with Crippen molar-refractivity contribution in [3.05, 3.63) is 81.7 Å². The molecular weight excluding hydrogens is 643 g/mol. The molecule has 49 heavy (non-hydrogen) atoms. The second kappa shape index (κ2) is 9.75. The maximum absolute atomic E-state index is 14.7. The number of benzene rings is 2. The van der Waals surface area contributed by atoms with Crippen LogP contribution in [0.25, 0.3) is 17.2 Å². The molecule has 4 aliphatic heterocycles. The van der Waals surface area contributed by atoms with Crippen molar-refractivity contribution in [3.8, 4) is 0 Å². The van der Waals surface area contributed by atoms with E-state index < -0.39 is 22.9 Å². The summed E-state index contributed by atoms with van der Waals surface area (Å²) in [5.41, 5.74) is 4.71. The maximum Gasteiger partial charge on any atom is 0.334 e. The predicted molar refractivity (Wildman–Crippen MR) is 181 cm³/mol. The van der Waals surface area contributed by atoms with Gasteiger partial charge in [0.05, 0.1) is 12.5 Å². The largest absolute Gasteiger partial charge is 0.458 e. The third-order valence-electron chi connectivity index (χ3n) is 13.5. The van der Waals surface area contributed by atoms with E-state index in [-0.39, 0.29) is 59.7 Å². The van der Waals surface area contributed by atoms with E-state index >= 15 is 0 Å². The smallest absolute Gasteiger partial charge is 0.334 e. The summed E-state index contributed by atoms with van der Waals surface area (Å²) in [5, 5.41) is 0. The van der Waals surface area contributed by atoms with Crippen LogP contribution in [0.2, 0.25) is 0 Å². The van der Waals surface area contributed by atoms with Gasteiger partial charge in [0.15, 0.2) is 11.7 Å². The summed E-state index contributed by atoms with van der Waals surface area (Å²) in [7, 11) is 0. The Morgan fingerprint density at radius 2 is 1.90 bits per heavy atom. The number of epoxide rings is 3. The molecule has 0 N–H and O–H groups in total. The first-order valence-electron chi connectivity index (χ1n) is 17.5. The van der Waals surface area contributed by atoms with Gasteiger partial charge < -0.3 is 23.7 Å². The van der Waals surface area contributed by atoms with E-state index in [1.165, 1.54) is 17.0 Å². The molecular formula is C40H39FO7S. The standard InChI is InChI=1S/C40H39FO7S/c1-19(2)38-33(47-38)34-40(48-34)37(4)13-12-25-29(18-44-35(25)43)30(37)17-31-39(40,46-31)36(38)45-32(42)16-27-20(3)26(24-11-8-22(41)15-28(24)27)14-21-6-9-23(49-5)10-7-21/h6-11,14-15,19,30-31,33-34,36H,12-13,16-18H2,1-5H3/b26-14-.